The molecule has 0 aliphatic carbocycles. The van der Waals surface area contributed by atoms with E-state index in [0.29, 0.717) is 27.9 Å². The van der Waals surface area contributed by atoms with Crippen LogP contribution in [0.4, 0.5) is 0 Å². The van der Waals surface area contributed by atoms with Crippen LogP contribution in [-0.4, -0.2) is 78.5 Å². The maximum absolute atomic E-state index is 6.65. The van der Waals surface area contributed by atoms with Crippen molar-refractivity contribution in [2.45, 2.75) is 0 Å². The van der Waals surface area contributed by atoms with E-state index >= 15 is 0 Å². The van der Waals surface area contributed by atoms with E-state index in [2.05, 4.69) is 18.2 Å². The normalized spacial score (nSPS) is 11.7. The maximum Gasteiger partial charge on any atom is 0.136 e. The Hall–Kier alpha value is -4.49. The van der Waals surface area contributed by atoms with Crippen LogP contribution in [0.25, 0.3) is 76.9 Å². The second-order valence-corrected chi connectivity index (χ2v) is 12.2. The van der Waals surface area contributed by atoms with Gasteiger partial charge >= 0.3 is 0 Å². The molecule has 1 aromatic heterocycles. The smallest absolute Gasteiger partial charge is 0.136 e. The van der Waals surface area contributed by atoms with E-state index in [9.17, 15) is 0 Å². The Morgan fingerprint density at radius 2 is 0.776 bits per heavy atom. The SMILES string of the molecule is [B]c1c([B])c([B])c(-c2ccc3c(c2)oc2cccc(-c4c5ccccc5c(-c5c([B])c([B])c([B])c([B])c5[B])c5ccccc45)c23)c([B])c1[B]. The minimum Gasteiger partial charge on any atom is -0.456 e. The zero-order valence-electron chi connectivity index (χ0n) is 26.3. The van der Waals surface area contributed by atoms with Gasteiger partial charge in [0.25, 0.3) is 0 Å². The van der Waals surface area contributed by atoms with Crippen molar-refractivity contribution in [2.24, 2.45) is 0 Å². The molecule has 0 unspecified atom stereocenters. The van der Waals surface area contributed by atoms with Gasteiger partial charge < -0.3 is 4.42 Å². The highest BCUT2D eigenvalue weighted by molar-refractivity contribution is 6.70. The first-order valence-corrected chi connectivity index (χ1v) is 15.4. The van der Waals surface area contributed by atoms with E-state index in [4.69, 9.17) is 82.9 Å². The number of furan rings is 1. The molecule has 20 radical (unpaired) electrons. The number of fused-ring (bicyclic) bond motifs is 5. The second-order valence-electron chi connectivity index (χ2n) is 12.2. The Labute approximate surface area is 298 Å². The minimum atomic E-state index is 0.160. The fraction of sp³-hybridized carbons (Fsp3) is 0. The van der Waals surface area contributed by atoms with Crippen LogP contribution in [0.5, 0.6) is 0 Å². The van der Waals surface area contributed by atoms with Crippen LogP contribution < -0.4 is 54.6 Å². The summed E-state index contributed by atoms with van der Waals surface area (Å²) < 4.78 is 6.49. The minimum absolute atomic E-state index is 0.160. The average molecular weight is 595 g/mol. The first-order chi connectivity index (χ1) is 23.5. The van der Waals surface area contributed by atoms with Gasteiger partial charge in [0.05, 0.1) is 0 Å². The van der Waals surface area contributed by atoms with Crippen LogP contribution in [0.3, 0.4) is 0 Å². The molecule has 1 heterocycles. The first kappa shape index (κ1) is 31.8. The van der Waals surface area contributed by atoms with Crippen LogP contribution in [0.2, 0.25) is 0 Å². The van der Waals surface area contributed by atoms with Gasteiger partial charge in [-0.25, -0.2) is 0 Å². The van der Waals surface area contributed by atoms with Gasteiger partial charge in [-0.15, -0.1) is 32.8 Å². The van der Waals surface area contributed by atoms with Crippen molar-refractivity contribution in [2.75, 3.05) is 0 Å². The topological polar surface area (TPSA) is 13.1 Å². The summed E-state index contributed by atoms with van der Waals surface area (Å²) in [5, 5.41) is 5.59. The first-order valence-electron chi connectivity index (χ1n) is 15.4. The Kier molecular flexibility index (Phi) is 7.49. The fourth-order valence-electron chi connectivity index (χ4n) is 7.16. The van der Waals surface area contributed by atoms with E-state index in [1.807, 2.05) is 66.7 Å². The third-order valence-corrected chi connectivity index (χ3v) is 9.64. The molecule has 7 aromatic carbocycles. The summed E-state index contributed by atoms with van der Waals surface area (Å²) in [4.78, 5) is 0. The van der Waals surface area contributed by atoms with E-state index in [1.165, 1.54) is 0 Å². The Morgan fingerprint density at radius 1 is 0.327 bits per heavy atom. The van der Waals surface area contributed by atoms with Gasteiger partial charge in [-0.2, -0.15) is 0 Å². The summed E-state index contributed by atoms with van der Waals surface area (Å²) in [6.07, 6.45) is 0. The average Bonchev–Trinajstić information content (AvgIpc) is 3.50. The predicted octanol–water partition coefficient (Wildman–Crippen LogP) is -1.17. The molecule has 8 aromatic rings. The molecular weight excluding hydrogens is 581 g/mol. The lowest BCUT2D eigenvalue weighted by molar-refractivity contribution is 0.669. The third kappa shape index (κ3) is 4.54. The number of hydrogen-bond acceptors (Lipinski definition) is 1. The van der Waals surface area contributed by atoms with Crippen LogP contribution in [0, 0.1) is 0 Å². The lowest BCUT2D eigenvalue weighted by Crippen LogP contribution is -2.55. The van der Waals surface area contributed by atoms with Crippen molar-refractivity contribution in [3.05, 3.63) is 84.9 Å². The third-order valence-electron chi connectivity index (χ3n) is 9.64. The lowest BCUT2D eigenvalue weighted by atomic mass is 9.59. The number of benzene rings is 7. The quantitative estimate of drug-likeness (QED) is 0.186. The van der Waals surface area contributed by atoms with Crippen LogP contribution in [0.15, 0.2) is 89.3 Å². The molecule has 0 fully saturated rings. The molecule has 8 rings (SSSR count). The molecule has 0 saturated carbocycles. The van der Waals surface area contributed by atoms with Gasteiger partial charge in [-0.1, -0.05) is 88.6 Å². The fourth-order valence-corrected chi connectivity index (χ4v) is 7.16. The summed E-state index contributed by atoms with van der Waals surface area (Å²) in [5.74, 6) is 0. The van der Waals surface area contributed by atoms with Crippen molar-refractivity contribution >= 4 is 177 Å². The summed E-state index contributed by atoms with van der Waals surface area (Å²) in [5.41, 5.74) is 8.01. The molecule has 0 spiro atoms. The van der Waals surface area contributed by atoms with E-state index in [0.717, 1.165) is 49.0 Å². The molecule has 0 aliphatic rings. The van der Waals surface area contributed by atoms with Gasteiger partial charge in [0.1, 0.15) is 89.6 Å². The van der Waals surface area contributed by atoms with Crippen molar-refractivity contribution in [1.29, 1.82) is 0 Å². The molecule has 11 heteroatoms. The van der Waals surface area contributed by atoms with Gasteiger partial charge in [-0.05, 0) is 73.1 Å². The Morgan fingerprint density at radius 3 is 1.29 bits per heavy atom. The van der Waals surface area contributed by atoms with Crippen LogP contribution in [-0.2, 0) is 0 Å². The molecule has 202 valence electrons. The molecule has 0 aliphatic heterocycles. The van der Waals surface area contributed by atoms with Crippen LogP contribution >= 0.6 is 0 Å². The van der Waals surface area contributed by atoms with Gasteiger partial charge in [0.15, 0.2) is 0 Å². The van der Waals surface area contributed by atoms with Crippen molar-refractivity contribution in [3.63, 3.8) is 0 Å². The molecule has 0 bridgehead atoms. The standard InChI is InChI=1S/C38H14B10O/c39-29-24(30(40)34(44)37(47)33(29)43)15-12-13-20-23(14-15)49-22-11-5-10-21(26(20)22)25-16-6-1-3-8-18(16)27(19-9-4-2-7-17(19)25)28-31(41)35(45)38(48)36(46)32(28)42/h1-14H. The lowest BCUT2D eigenvalue weighted by Gasteiger charge is -2.25. The number of hydrogen-bond donors (Lipinski definition) is 0. The van der Waals surface area contributed by atoms with Crippen molar-refractivity contribution in [3.8, 4) is 33.4 Å². The monoisotopic (exact) mass is 596 g/mol. The van der Waals surface area contributed by atoms with Gasteiger partial charge in [-0.3, -0.25) is 0 Å². The highest BCUT2D eigenvalue weighted by Crippen LogP contribution is 2.46. The van der Waals surface area contributed by atoms with E-state index < -0.39 is 0 Å². The summed E-state index contributed by atoms with van der Waals surface area (Å²) >= 11 is 0. The van der Waals surface area contributed by atoms with Crippen molar-refractivity contribution in [1.82, 2.24) is 0 Å². The highest BCUT2D eigenvalue weighted by Gasteiger charge is 2.23. The predicted molar refractivity (Wildman–Crippen MR) is 219 cm³/mol. The molecule has 0 N–H and O–H groups in total. The van der Waals surface area contributed by atoms with E-state index in [-0.39, 0.29) is 54.6 Å². The summed E-state index contributed by atoms with van der Waals surface area (Å²) in [6.45, 7) is 0. The largest absolute Gasteiger partial charge is 0.456 e. The van der Waals surface area contributed by atoms with Gasteiger partial charge in [0.2, 0.25) is 0 Å². The molecule has 0 saturated heterocycles. The molecular formula is C38H14B10O. The highest BCUT2D eigenvalue weighted by atomic mass is 16.3. The second kappa shape index (κ2) is 11.5. The van der Waals surface area contributed by atoms with Gasteiger partial charge in [0, 0.05) is 10.8 Å². The Bertz CT molecular complexity index is 2620. The molecule has 0 atom stereocenters. The zero-order valence-corrected chi connectivity index (χ0v) is 26.3. The van der Waals surface area contributed by atoms with E-state index in [1.54, 1.807) is 0 Å². The van der Waals surface area contributed by atoms with Crippen molar-refractivity contribution < 1.29 is 4.42 Å². The number of rotatable bonds is 3. The Balaban J connectivity index is 1.45. The molecule has 0 amide bonds. The zero-order chi connectivity index (χ0) is 34.5. The summed E-state index contributed by atoms with van der Waals surface area (Å²) in [7, 11) is 63.4. The summed E-state index contributed by atoms with van der Waals surface area (Å²) in [6, 6.07) is 28.0. The molecule has 1 nitrogen and oxygen atoms in total. The van der Waals surface area contributed by atoms with Crippen LogP contribution in [0.1, 0.15) is 0 Å². The maximum atomic E-state index is 6.65. The molecule has 49 heavy (non-hydrogen) atoms.